The molecule has 1 aromatic heterocycles. The zero-order valence-electron chi connectivity index (χ0n) is 10.6. The normalized spacial score (nSPS) is 12.2. The van der Waals surface area contributed by atoms with E-state index in [2.05, 4.69) is 15.2 Å². The Bertz CT molecular complexity index is 543. The molecule has 7 heteroatoms. The second-order valence-corrected chi connectivity index (χ2v) is 3.93. The van der Waals surface area contributed by atoms with Crippen molar-refractivity contribution in [1.29, 1.82) is 0 Å². The number of aromatic nitrogens is 3. The summed E-state index contributed by atoms with van der Waals surface area (Å²) in [5.74, 6) is 0.0644. The van der Waals surface area contributed by atoms with Gasteiger partial charge in [0.05, 0.1) is 13.2 Å². The van der Waals surface area contributed by atoms with Gasteiger partial charge in [0.2, 0.25) is 0 Å². The number of aliphatic hydroxyl groups is 1. The van der Waals surface area contributed by atoms with E-state index in [9.17, 15) is 9.50 Å². The number of aliphatic hydroxyl groups excluding tert-OH is 1. The van der Waals surface area contributed by atoms with E-state index in [1.54, 1.807) is 6.92 Å². The topological polar surface area (TPSA) is 80.3 Å². The molecule has 2 N–H and O–H groups in total. The van der Waals surface area contributed by atoms with Crippen LogP contribution in [0.1, 0.15) is 24.4 Å². The molecule has 0 fully saturated rings. The van der Waals surface area contributed by atoms with Crippen molar-refractivity contribution in [2.24, 2.45) is 0 Å². The summed E-state index contributed by atoms with van der Waals surface area (Å²) < 4.78 is 24.3. The van der Waals surface area contributed by atoms with Crippen LogP contribution in [0.2, 0.25) is 0 Å². The summed E-state index contributed by atoms with van der Waals surface area (Å²) in [5.41, 5.74) is 0.418. The van der Waals surface area contributed by atoms with Crippen molar-refractivity contribution in [3.8, 4) is 11.5 Å². The third kappa shape index (κ3) is 3.00. The molecule has 0 aliphatic heterocycles. The van der Waals surface area contributed by atoms with Crippen molar-refractivity contribution in [1.82, 2.24) is 15.2 Å². The van der Waals surface area contributed by atoms with Crippen LogP contribution < -0.4 is 9.47 Å². The van der Waals surface area contributed by atoms with E-state index in [4.69, 9.17) is 9.47 Å². The molecule has 102 valence electrons. The number of aromatic amines is 1. The summed E-state index contributed by atoms with van der Waals surface area (Å²) in [6, 6.07) is 2.74. The maximum absolute atomic E-state index is 13.9. The minimum Gasteiger partial charge on any atom is -0.493 e. The Labute approximate surface area is 109 Å². The molecule has 6 nitrogen and oxygen atoms in total. The Morgan fingerprint density at radius 1 is 1.47 bits per heavy atom. The lowest BCUT2D eigenvalue weighted by atomic mass is 10.1. The van der Waals surface area contributed by atoms with Gasteiger partial charge in [-0.05, 0) is 24.6 Å². The summed E-state index contributed by atoms with van der Waals surface area (Å²) in [5, 5.41) is 15.7. The van der Waals surface area contributed by atoms with Gasteiger partial charge in [-0.2, -0.15) is 5.10 Å². The Balaban J connectivity index is 2.23. The van der Waals surface area contributed by atoms with Crippen LogP contribution in [0, 0.1) is 5.82 Å². The first-order chi connectivity index (χ1) is 9.11. The quantitative estimate of drug-likeness (QED) is 0.859. The smallest absolute Gasteiger partial charge is 0.197 e. The van der Waals surface area contributed by atoms with E-state index in [0.29, 0.717) is 11.4 Å². The van der Waals surface area contributed by atoms with Gasteiger partial charge >= 0.3 is 0 Å². The SMILES string of the molecule is COc1cc(C(C)O)cc(F)c1OCc1ncn[nH]1. The lowest BCUT2D eigenvalue weighted by Crippen LogP contribution is -2.03. The average Bonchev–Trinajstić information content (AvgIpc) is 2.89. The molecule has 0 saturated carbocycles. The lowest BCUT2D eigenvalue weighted by molar-refractivity contribution is 0.197. The van der Waals surface area contributed by atoms with Crippen LogP contribution >= 0.6 is 0 Å². The Morgan fingerprint density at radius 2 is 2.26 bits per heavy atom. The summed E-state index contributed by atoms with van der Waals surface area (Å²) >= 11 is 0. The van der Waals surface area contributed by atoms with Gasteiger partial charge < -0.3 is 14.6 Å². The molecule has 0 aliphatic carbocycles. The predicted molar refractivity (Wildman–Crippen MR) is 64.3 cm³/mol. The van der Waals surface area contributed by atoms with E-state index in [1.807, 2.05) is 0 Å². The van der Waals surface area contributed by atoms with Crippen molar-refractivity contribution < 1.29 is 19.0 Å². The van der Waals surface area contributed by atoms with E-state index in [-0.39, 0.29) is 18.1 Å². The zero-order chi connectivity index (χ0) is 13.8. The van der Waals surface area contributed by atoms with Gasteiger partial charge in [0.1, 0.15) is 12.9 Å². The number of halogens is 1. The minimum atomic E-state index is -0.785. The van der Waals surface area contributed by atoms with Crippen molar-refractivity contribution in [3.63, 3.8) is 0 Å². The minimum absolute atomic E-state index is 0.0247. The van der Waals surface area contributed by atoms with Crippen LogP contribution in [0.25, 0.3) is 0 Å². The summed E-state index contributed by atoms with van der Waals surface area (Å²) in [4.78, 5) is 3.87. The number of ether oxygens (including phenoxy) is 2. The highest BCUT2D eigenvalue weighted by molar-refractivity contribution is 5.44. The molecule has 2 rings (SSSR count). The maximum atomic E-state index is 13.9. The number of benzene rings is 1. The van der Waals surface area contributed by atoms with E-state index < -0.39 is 11.9 Å². The highest BCUT2D eigenvalue weighted by Crippen LogP contribution is 2.33. The molecule has 0 aliphatic rings. The van der Waals surface area contributed by atoms with Gasteiger partial charge in [0.25, 0.3) is 0 Å². The van der Waals surface area contributed by atoms with Crippen LogP contribution in [0.5, 0.6) is 11.5 Å². The lowest BCUT2D eigenvalue weighted by Gasteiger charge is -2.13. The molecule has 0 saturated heterocycles. The van der Waals surface area contributed by atoms with Gasteiger partial charge in [0.15, 0.2) is 23.1 Å². The number of H-pyrrole nitrogens is 1. The average molecular weight is 267 g/mol. The second-order valence-electron chi connectivity index (χ2n) is 3.93. The summed E-state index contributed by atoms with van der Waals surface area (Å²) in [6.45, 7) is 1.59. The highest BCUT2D eigenvalue weighted by Gasteiger charge is 2.16. The van der Waals surface area contributed by atoms with Crippen molar-refractivity contribution in [3.05, 3.63) is 35.7 Å². The molecule has 1 aromatic carbocycles. The van der Waals surface area contributed by atoms with E-state index in [0.717, 1.165) is 0 Å². The number of nitrogens with one attached hydrogen (secondary N) is 1. The number of nitrogens with zero attached hydrogens (tertiary/aromatic N) is 2. The molecule has 0 radical (unpaired) electrons. The molecule has 1 heterocycles. The number of methoxy groups -OCH3 is 1. The van der Waals surface area contributed by atoms with Crippen LogP contribution in [-0.4, -0.2) is 27.4 Å². The fourth-order valence-corrected chi connectivity index (χ4v) is 1.56. The Hall–Kier alpha value is -2.15. The fourth-order valence-electron chi connectivity index (χ4n) is 1.56. The van der Waals surface area contributed by atoms with Crippen LogP contribution in [0.3, 0.4) is 0 Å². The summed E-state index contributed by atoms with van der Waals surface area (Å²) in [7, 11) is 1.40. The first kappa shape index (κ1) is 13.3. The Kier molecular flexibility index (Phi) is 3.96. The monoisotopic (exact) mass is 267 g/mol. The van der Waals surface area contributed by atoms with Crippen molar-refractivity contribution >= 4 is 0 Å². The number of hydrogen-bond acceptors (Lipinski definition) is 5. The van der Waals surface area contributed by atoms with Gasteiger partial charge in [-0.25, -0.2) is 9.37 Å². The van der Waals surface area contributed by atoms with E-state index in [1.165, 1.54) is 25.6 Å². The van der Waals surface area contributed by atoms with Crippen LogP contribution in [-0.2, 0) is 6.61 Å². The second kappa shape index (κ2) is 5.66. The Morgan fingerprint density at radius 3 is 2.84 bits per heavy atom. The molecule has 0 bridgehead atoms. The van der Waals surface area contributed by atoms with Crippen molar-refractivity contribution in [2.75, 3.05) is 7.11 Å². The number of hydrogen-bond donors (Lipinski definition) is 2. The molecule has 0 spiro atoms. The van der Waals surface area contributed by atoms with Gasteiger partial charge in [-0.1, -0.05) is 0 Å². The van der Waals surface area contributed by atoms with Gasteiger partial charge in [-0.15, -0.1) is 0 Å². The molecular weight excluding hydrogens is 253 g/mol. The predicted octanol–water partition coefficient (Wildman–Crippen LogP) is 1.58. The largest absolute Gasteiger partial charge is 0.493 e. The van der Waals surface area contributed by atoms with E-state index >= 15 is 0 Å². The zero-order valence-corrected chi connectivity index (χ0v) is 10.6. The number of rotatable bonds is 5. The first-order valence-corrected chi connectivity index (χ1v) is 5.64. The third-order valence-corrected chi connectivity index (χ3v) is 2.55. The fraction of sp³-hybridized carbons (Fsp3) is 0.333. The molecule has 0 amide bonds. The molecule has 1 unspecified atom stereocenters. The van der Waals surface area contributed by atoms with Crippen LogP contribution in [0.4, 0.5) is 4.39 Å². The summed E-state index contributed by atoms with van der Waals surface area (Å²) in [6.07, 6.45) is 0.551. The highest BCUT2D eigenvalue weighted by atomic mass is 19.1. The maximum Gasteiger partial charge on any atom is 0.197 e. The van der Waals surface area contributed by atoms with Gasteiger partial charge in [0, 0.05) is 0 Å². The molecule has 19 heavy (non-hydrogen) atoms. The molecule has 2 aromatic rings. The van der Waals surface area contributed by atoms with Crippen molar-refractivity contribution in [2.45, 2.75) is 19.6 Å². The molecular formula is C12H14FN3O3. The van der Waals surface area contributed by atoms with Crippen LogP contribution in [0.15, 0.2) is 18.5 Å². The first-order valence-electron chi connectivity index (χ1n) is 5.64. The third-order valence-electron chi connectivity index (χ3n) is 2.55. The molecule has 1 atom stereocenters. The standard InChI is InChI=1S/C12H14FN3O3/c1-7(17)8-3-9(13)12(10(4-8)18-2)19-5-11-14-6-15-16-11/h3-4,6-7,17H,5H2,1-2H3,(H,14,15,16). The van der Waals surface area contributed by atoms with Gasteiger partial charge in [-0.3, -0.25) is 5.10 Å².